The third kappa shape index (κ3) is 5.68. The molecule has 5 nitrogen and oxygen atoms in total. The van der Waals surface area contributed by atoms with E-state index in [0.717, 1.165) is 16.9 Å². The second-order valence-corrected chi connectivity index (χ2v) is 5.65. The number of pyridine rings is 1. The number of rotatable bonds is 6. The van der Waals surface area contributed by atoms with Crippen LogP contribution in [0.15, 0.2) is 54.7 Å². The van der Waals surface area contributed by atoms with Crippen LogP contribution in [-0.4, -0.2) is 16.8 Å². The monoisotopic (exact) mass is 323 g/mol. The van der Waals surface area contributed by atoms with Crippen LogP contribution in [0, 0.1) is 5.92 Å². The van der Waals surface area contributed by atoms with Gasteiger partial charge in [-0.2, -0.15) is 0 Å². The van der Waals surface area contributed by atoms with E-state index in [1.54, 1.807) is 12.3 Å². The number of nitrogens with zero attached hydrogens (tertiary/aromatic N) is 1. The molecule has 1 heterocycles. The summed E-state index contributed by atoms with van der Waals surface area (Å²) in [4.78, 5) is 27.5. The van der Waals surface area contributed by atoms with Gasteiger partial charge in [0.1, 0.15) is 0 Å². The zero-order chi connectivity index (χ0) is 17.4. The topological polar surface area (TPSA) is 71.1 Å². The highest BCUT2D eigenvalue weighted by molar-refractivity contribution is 5.92. The van der Waals surface area contributed by atoms with Gasteiger partial charge in [-0.3, -0.25) is 14.6 Å². The van der Waals surface area contributed by atoms with E-state index in [0.29, 0.717) is 6.54 Å². The highest BCUT2D eigenvalue weighted by Crippen LogP contribution is 2.11. The Labute approximate surface area is 141 Å². The SMILES string of the molecule is CC(C)C(=O)Nc1ccc(CNC(=O)C=Cc2ccccn2)cc1. The summed E-state index contributed by atoms with van der Waals surface area (Å²) in [6.07, 6.45) is 4.80. The number of anilines is 1. The van der Waals surface area contributed by atoms with Crippen LogP contribution in [0.5, 0.6) is 0 Å². The molecular weight excluding hydrogens is 302 g/mol. The second kappa shape index (κ2) is 8.62. The first-order valence-corrected chi connectivity index (χ1v) is 7.81. The van der Waals surface area contributed by atoms with Gasteiger partial charge in [0.15, 0.2) is 0 Å². The fourth-order valence-electron chi connectivity index (χ4n) is 1.88. The molecule has 0 aliphatic heterocycles. The Morgan fingerprint density at radius 1 is 1.12 bits per heavy atom. The molecular formula is C19H21N3O2. The zero-order valence-corrected chi connectivity index (χ0v) is 13.8. The van der Waals surface area contributed by atoms with Gasteiger partial charge in [-0.25, -0.2) is 0 Å². The first-order valence-electron chi connectivity index (χ1n) is 7.81. The molecule has 5 heteroatoms. The van der Waals surface area contributed by atoms with Crippen molar-refractivity contribution in [1.29, 1.82) is 0 Å². The lowest BCUT2D eigenvalue weighted by atomic mass is 10.1. The van der Waals surface area contributed by atoms with E-state index in [9.17, 15) is 9.59 Å². The summed E-state index contributed by atoms with van der Waals surface area (Å²) < 4.78 is 0. The van der Waals surface area contributed by atoms with Gasteiger partial charge >= 0.3 is 0 Å². The van der Waals surface area contributed by atoms with E-state index in [-0.39, 0.29) is 17.7 Å². The van der Waals surface area contributed by atoms with Crippen molar-refractivity contribution in [1.82, 2.24) is 10.3 Å². The number of hydrogen-bond acceptors (Lipinski definition) is 3. The molecule has 0 unspecified atom stereocenters. The number of nitrogens with one attached hydrogen (secondary N) is 2. The molecule has 0 bridgehead atoms. The van der Waals surface area contributed by atoms with Gasteiger partial charge in [-0.15, -0.1) is 0 Å². The lowest BCUT2D eigenvalue weighted by molar-refractivity contribution is -0.119. The molecule has 2 N–H and O–H groups in total. The highest BCUT2D eigenvalue weighted by Gasteiger charge is 2.06. The minimum Gasteiger partial charge on any atom is -0.348 e. The summed E-state index contributed by atoms with van der Waals surface area (Å²) >= 11 is 0. The Morgan fingerprint density at radius 3 is 2.50 bits per heavy atom. The molecule has 0 radical (unpaired) electrons. The predicted octanol–water partition coefficient (Wildman–Crippen LogP) is 3.01. The molecule has 0 atom stereocenters. The van der Waals surface area contributed by atoms with E-state index < -0.39 is 0 Å². The molecule has 1 aromatic heterocycles. The van der Waals surface area contributed by atoms with E-state index in [2.05, 4.69) is 15.6 Å². The summed E-state index contributed by atoms with van der Waals surface area (Å²) in [5.41, 5.74) is 2.44. The number of carbonyl (C=O) groups excluding carboxylic acids is 2. The number of amides is 2. The predicted molar refractivity (Wildman–Crippen MR) is 95.0 cm³/mol. The smallest absolute Gasteiger partial charge is 0.244 e. The van der Waals surface area contributed by atoms with Gasteiger partial charge in [0, 0.05) is 30.4 Å². The van der Waals surface area contributed by atoms with Crippen LogP contribution in [0.3, 0.4) is 0 Å². The fourth-order valence-corrected chi connectivity index (χ4v) is 1.88. The van der Waals surface area contributed by atoms with Crippen LogP contribution >= 0.6 is 0 Å². The molecule has 2 amide bonds. The number of aromatic nitrogens is 1. The molecule has 0 saturated carbocycles. The molecule has 0 fully saturated rings. The average molecular weight is 323 g/mol. The van der Waals surface area contributed by atoms with Crippen LogP contribution in [0.25, 0.3) is 6.08 Å². The highest BCUT2D eigenvalue weighted by atomic mass is 16.2. The van der Waals surface area contributed by atoms with Gasteiger partial charge < -0.3 is 10.6 Å². The fraction of sp³-hybridized carbons (Fsp3) is 0.211. The molecule has 2 aromatic rings. The Morgan fingerprint density at radius 2 is 1.88 bits per heavy atom. The van der Waals surface area contributed by atoms with Crippen molar-refractivity contribution in [3.05, 3.63) is 66.0 Å². The zero-order valence-electron chi connectivity index (χ0n) is 13.8. The van der Waals surface area contributed by atoms with Gasteiger partial charge in [0.2, 0.25) is 11.8 Å². The van der Waals surface area contributed by atoms with Crippen LogP contribution in [0.1, 0.15) is 25.1 Å². The number of carbonyl (C=O) groups is 2. The molecule has 0 spiro atoms. The van der Waals surface area contributed by atoms with E-state index in [1.165, 1.54) is 6.08 Å². The van der Waals surface area contributed by atoms with Crippen LogP contribution < -0.4 is 10.6 Å². The largest absolute Gasteiger partial charge is 0.348 e. The maximum atomic E-state index is 11.8. The summed E-state index contributed by atoms with van der Waals surface area (Å²) in [7, 11) is 0. The van der Waals surface area contributed by atoms with Gasteiger partial charge in [-0.1, -0.05) is 32.0 Å². The summed E-state index contributed by atoms with van der Waals surface area (Å²) in [5, 5.41) is 5.63. The van der Waals surface area contributed by atoms with Crippen molar-refractivity contribution in [3.63, 3.8) is 0 Å². The minimum absolute atomic E-state index is 0.0179. The lowest BCUT2D eigenvalue weighted by Crippen LogP contribution is -2.20. The number of hydrogen-bond donors (Lipinski definition) is 2. The van der Waals surface area contributed by atoms with Gasteiger partial charge in [0.05, 0.1) is 5.69 Å². The standard InChI is InChI=1S/C19H21N3O2/c1-14(2)19(24)22-17-8-6-15(7-9-17)13-21-18(23)11-10-16-5-3-4-12-20-16/h3-12,14H,13H2,1-2H3,(H,21,23)(H,22,24). The van der Waals surface area contributed by atoms with Gasteiger partial charge in [-0.05, 0) is 35.9 Å². The first-order chi connectivity index (χ1) is 11.5. The molecule has 0 saturated heterocycles. The maximum Gasteiger partial charge on any atom is 0.244 e. The minimum atomic E-state index is -0.183. The van der Waals surface area contributed by atoms with Gasteiger partial charge in [0.25, 0.3) is 0 Å². The van der Waals surface area contributed by atoms with Crippen molar-refractivity contribution in [2.24, 2.45) is 5.92 Å². The summed E-state index contributed by atoms with van der Waals surface area (Å²) in [6.45, 7) is 4.11. The first kappa shape index (κ1) is 17.4. The van der Waals surface area contributed by atoms with Crippen LogP contribution in [0.2, 0.25) is 0 Å². The lowest BCUT2D eigenvalue weighted by Gasteiger charge is -2.08. The van der Waals surface area contributed by atoms with Crippen molar-refractivity contribution in [2.45, 2.75) is 20.4 Å². The van der Waals surface area contributed by atoms with E-state index in [4.69, 9.17) is 0 Å². The Hall–Kier alpha value is -2.95. The molecule has 0 aliphatic rings. The van der Waals surface area contributed by atoms with Crippen molar-refractivity contribution in [3.8, 4) is 0 Å². The Balaban J connectivity index is 1.82. The number of benzene rings is 1. The Bertz CT molecular complexity index is 707. The van der Waals surface area contributed by atoms with Crippen molar-refractivity contribution in [2.75, 3.05) is 5.32 Å². The summed E-state index contributed by atoms with van der Waals surface area (Å²) in [6, 6.07) is 12.9. The third-order valence-corrected chi connectivity index (χ3v) is 3.31. The second-order valence-electron chi connectivity index (χ2n) is 5.65. The maximum absolute atomic E-state index is 11.8. The molecule has 24 heavy (non-hydrogen) atoms. The van der Waals surface area contributed by atoms with E-state index in [1.807, 2.05) is 56.3 Å². The molecule has 1 aromatic carbocycles. The van der Waals surface area contributed by atoms with Crippen LogP contribution in [-0.2, 0) is 16.1 Å². The van der Waals surface area contributed by atoms with E-state index >= 15 is 0 Å². The summed E-state index contributed by atoms with van der Waals surface area (Å²) in [5.74, 6) is -0.261. The van der Waals surface area contributed by atoms with Crippen molar-refractivity contribution >= 4 is 23.6 Å². The van der Waals surface area contributed by atoms with Crippen molar-refractivity contribution < 1.29 is 9.59 Å². The Kier molecular flexibility index (Phi) is 6.25. The molecule has 0 aliphatic carbocycles. The quantitative estimate of drug-likeness (QED) is 0.803. The normalized spacial score (nSPS) is 10.8. The average Bonchev–Trinajstić information content (AvgIpc) is 2.60. The molecule has 124 valence electrons. The third-order valence-electron chi connectivity index (χ3n) is 3.31. The molecule has 2 rings (SSSR count). The van der Waals surface area contributed by atoms with Crippen LogP contribution in [0.4, 0.5) is 5.69 Å².